The van der Waals surface area contributed by atoms with Crippen LogP contribution < -0.4 is 10.6 Å². The third kappa shape index (κ3) is 10.9. The Morgan fingerprint density at radius 1 is 1.07 bits per heavy atom. The van der Waals surface area contributed by atoms with Gasteiger partial charge in [0.05, 0.1) is 19.8 Å². The number of aliphatic imine (C=N–C) groups is 1. The normalized spacial score (nSPS) is 17.5. The first-order valence-corrected chi connectivity index (χ1v) is 11.2. The lowest BCUT2D eigenvalue weighted by Gasteiger charge is -2.34. The Hall–Kier alpha value is -0.850. The maximum absolute atomic E-state index is 5.52. The van der Waals surface area contributed by atoms with Gasteiger partial charge in [-0.1, -0.05) is 27.7 Å². The number of rotatable bonds is 13. The van der Waals surface area contributed by atoms with E-state index in [1.807, 2.05) is 0 Å². The van der Waals surface area contributed by atoms with Gasteiger partial charge in [-0.3, -0.25) is 9.89 Å². The van der Waals surface area contributed by atoms with E-state index in [1.165, 1.54) is 25.8 Å². The number of hydrogen-bond donors (Lipinski definition) is 2. The van der Waals surface area contributed by atoms with Crippen LogP contribution in [0.3, 0.4) is 0 Å². The van der Waals surface area contributed by atoms with E-state index >= 15 is 0 Å². The van der Waals surface area contributed by atoms with E-state index < -0.39 is 0 Å². The molecule has 1 saturated heterocycles. The summed E-state index contributed by atoms with van der Waals surface area (Å²) in [6.07, 6.45) is 3.60. The molecule has 0 aromatic rings. The van der Waals surface area contributed by atoms with Gasteiger partial charge in [-0.2, -0.15) is 0 Å². The fourth-order valence-corrected chi connectivity index (χ4v) is 3.57. The molecule has 1 heterocycles. The highest BCUT2D eigenvalue weighted by Crippen LogP contribution is 2.14. The molecule has 1 aliphatic heterocycles. The topological polar surface area (TPSA) is 52.1 Å². The van der Waals surface area contributed by atoms with Crippen LogP contribution in [0, 0.1) is 5.92 Å². The highest BCUT2D eigenvalue weighted by molar-refractivity contribution is 5.79. The Morgan fingerprint density at radius 2 is 1.78 bits per heavy atom. The average molecular weight is 384 g/mol. The molecule has 0 aromatic carbocycles. The molecule has 2 N–H and O–H groups in total. The molecule has 0 aromatic heterocycles. The summed E-state index contributed by atoms with van der Waals surface area (Å²) in [5.74, 6) is 1.64. The molecule has 1 unspecified atom stereocenters. The van der Waals surface area contributed by atoms with Crippen LogP contribution in [0.1, 0.15) is 53.9 Å². The molecule has 1 fully saturated rings. The number of nitrogens with one attached hydrogen (secondary N) is 2. The van der Waals surface area contributed by atoms with Crippen LogP contribution in [0.5, 0.6) is 0 Å². The van der Waals surface area contributed by atoms with Crippen LogP contribution in [0.25, 0.3) is 0 Å². The number of nitrogens with zero attached hydrogens (tertiary/aromatic N) is 3. The van der Waals surface area contributed by atoms with Crippen LogP contribution in [0.15, 0.2) is 4.99 Å². The van der Waals surface area contributed by atoms with Crippen LogP contribution >= 0.6 is 0 Å². The quantitative estimate of drug-likeness (QED) is 0.291. The van der Waals surface area contributed by atoms with Gasteiger partial charge in [0.15, 0.2) is 5.96 Å². The predicted octanol–water partition coefficient (Wildman–Crippen LogP) is 2.41. The molecule has 6 heteroatoms. The summed E-state index contributed by atoms with van der Waals surface area (Å²) in [4.78, 5) is 9.95. The van der Waals surface area contributed by atoms with Gasteiger partial charge in [-0.15, -0.1) is 0 Å². The highest BCUT2D eigenvalue weighted by atomic mass is 16.5. The van der Waals surface area contributed by atoms with Gasteiger partial charge < -0.3 is 20.3 Å². The molecule has 0 bridgehead atoms. The minimum absolute atomic E-state index is 0.507. The maximum Gasteiger partial charge on any atom is 0.191 e. The van der Waals surface area contributed by atoms with Gasteiger partial charge >= 0.3 is 0 Å². The van der Waals surface area contributed by atoms with E-state index in [2.05, 4.69) is 55.1 Å². The lowest BCUT2D eigenvalue weighted by atomic mass is 10.0. The summed E-state index contributed by atoms with van der Waals surface area (Å²) < 4.78 is 5.52. The molecule has 1 atom stereocenters. The molecule has 1 rings (SSSR count). The summed E-state index contributed by atoms with van der Waals surface area (Å²) in [5, 5.41) is 6.92. The van der Waals surface area contributed by atoms with Crippen molar-refractivity contribution in [1.82, 2.24) is 20.4 Å². The van der Waals surface area contributed by atoms with Gasteiger partial charge in [0.1, 0.15) is 0 Å². The predicted molar refractivity (Wildman–Crippen MR) is 117 cm³/mol. The van der Waals surface area contributed by atoms with Gasteiger partial charge in [-0.25, -0.2) is 0 Å². The summed E-state index contributed by atoms with van der Waals surface area (Å²) in [7, 11) is 0. The Kier molecular flexibility index (Phi) is 13.5. The summed E-state index contributed by atoms with van der Waals surface area (Å²) >= 11 is 0. The molecule has 6 nitrogen and oxygen atoms in total. The van der Waals surface area contributed by atoms with E-state index in [-0.39, 0.29) is 0 Å². The van der Waals surface area contributed by atoms with Crippen molar-refractivity contribution in [2.45, 2.75) is 59.9 Å². The molecule has 1 aliphatic rings. The van der Waals surface area contributed by atoms with E-state index in [0.717, 1.165) is 65.0 Å². The molecular formula is C21H45N5O. The zero-order valence-corrected chi connectivity index (χ0v) is 18.6. The van der Waals surface area contributed by atoms with E-state index in [9.17, 15) is 0 Å². The molecule has 0 spiro atoms. The number of guanidine groups is 1. The Bertz CT molecular complexity index is 379. The molecular weight excluding hydrogens is 338 g/mol. The Balaban J connectivity index is 2.45. The van der Waals surface area contributed by atoms with E-state index in [0.29, 0.717) is 12.0 Å². The van der Waals surface area contributed by atoms with E-state index in [4.69, 9.17) is 9.73 Å². The van der Waals surface area contributed by atoms with Gasteiger partial charge in [0, 0.05) is 32.2 Å². The van der Waals surface area contributed by atoms with Crippen molar-refractivity contribution in [1.29, 1.82) is 0 Å². The lowest BCUT2D eigenvalue weighted by molar-refractivity contribution is 0.0143. The van der Waals surface area contributed by atoms with Gasteiger partial charge in [-0.05, 0) is 51.7 Å². The molecule has 27 heavy (non-hydrogen) atoms. The zero-order chi connectivity index (χ0) is 19.9. The minimum Gasteiger partial charge on any atom is -0.379 e. The molecule has 0 amide bonds. The van der Waals surface area contributed by atoms with Crippen molar-refractivity contribution in [3.63, 3.8) is 0 Å². The summed E-state index contributed by atoms with van der Waals surface area (Å²) in [6.45, 7) is 21.2. The van der Waals surface area contributed by atoms with Crippen LogP contribution in [-0.4, -0.2) is 87.4 Å². The number of morpholine rings is 1. The number of unbranched alkanes of at least 4 members (excludes halogenated alkanes) is 1. The number of ether oxygens (including phenoxy) is 1. The Morgan fingerprint density at radius 3 is 2.37 bits per heavy atom. The van der Waals surface area contributed by atoms with Crippen LogP contribution in [0.4, 0.5) is 0 Å². The van der Waals surface area contributed by atoms with Crippen molar-refractivity contribution in [2.75, 3.05) is 65.6 Å². The lowest BCUT2D eigenvalue weighted by Crippen LogP contribution is -2.46. The summed E-state index contributed by atoms with van der Waals surface area (Å²) in [6, 6.07) is 0.507. The molecule has 0 saturated carbocycles. The third-order valence-corrected chi connectivity index (χ3v) is 5.20. The first-order chi connectivity index (χ1) is 13.1. The van der Waals surface area contributed by atoms with Crippen molar-refractivity contribution < 1.29 is 4.74 Å². The smallest absolute Gasteiger partial charge is 0.191 e. The SMILES string of the molecule is CCNC(=NCC(CC(C)C)N1CCOCC1)NCCCCN(CC)CC. The third-order valence-electron chi connectivity index (χ3n) is 5.20. The largest absolute Gasteiger partial charge is 0.379 e. The first kappa shape index (κ1) is 24.2. The highest BCUT2D eigenvalue weighted by Gasteiger charge is 2.21. The Labute approximate surface area is 168 Å². The van der Waals surface area contributed by atoms with Gasteiger partial charge in [0.25, 0.3) is 0 Å². The second kappa shape index (κ2) is 15.1. The fourth-order valence-electron chi connectivity index (χ4n) is 3.57. The van der Waals surface area contributed by atoms with Crippen molar-refractivity contribution in [3.05, 3.63) is 0 Å². The molecule has 0 radical (unpaired) electrons. The van der Waals surface area contributed by atoms with Gasteiger partial charge in [0.2, 0.25) is 0 Å². The standard InChI is InChI=1S/C21H45N5O/c1-6-22-21(23-11-9-10-12-25(7-2)8-3)24-18-20(17-19(4)5)26-13-15-27-16-14-26/h19-20H,6-18H2,1-5H3,(H2,22,23,24). The second-order valence-corrected chi connectivity index (χ2v) is 7.81. The number of hydrogen-bond acceptors (Lipinski definition) is 4. The minimum atomic E-state index is 0.507. The molecule has 160 valence electrons. The van der Waals surface area contributed by atoms with Crippen molar-refractivity contribution >= 4 is 5.96 Å². The summed E-state index contributed by atoms with van der Waals surface area (Å²) in [5.41, 5.74) is 0. The van der Waals surface area contributed by atoms with Crippen molar-refractivity contribution in [2.24, 2.45) is 10.9 Å². The average Bonchev–Trinajstić information content (AvgIpc) is 2.68. The maximum atomic E-state index is 5.52. The second-order valence-electron chi connectivity index (χ2n) is 7.81. The zero-order valence-electron chi connectivity index (χ0n) is 18.6. The van der Waals surface area contributed by atoms with Crippen LogP contribution in [0.2, 0.25) is 0 Å². The monoisotopic (exact) mass is 383 g/mol. The van der Waals surface area contributed by atoms with Crippen LogP contribution in [-0.2, 0) is 4.74 Å². The van der Waals surface area contributed by atoms with E-state index in [1.54, 1.807) is 0 Å². The fraction of sp³-hybridized carbons (Fsp3) is 0.952. The first-order valence-electron chi connectivity index (χ1n) is 11.2. The van der Waals surface area contributed by atoms with Crippen molar-refractivity contribution in [3.8, 4) is 0 Å². The molecule has 0 aliphatic carbocycles.